The fraction of sp³-hybridized carbons (Fsp3) is 0.111. The second-order valence-corrected chi connectivity index (χ2v) is 12.0. The number of hydrogen-bond donors (Lipinski definition) is 0. The van der Waals surface area contributed by atoms with Crippen molar-refractivity contribution in [3.8, 4) is 0 Å². The molecule has 0 saturated carbocycles. The van der Waals surface area contributed by atoms with Crippen molar-refractivity contribution in [3.05, 3.63) is 154 Å². The van der Waals surface area contributed by atoms with Crippen LogP contribution in [0.1, 0.15) is 31.2 Å². The van der Waals surface area contributed by atoms with Gasteiger partial charge in [-0.2, -0.15) is 0 Å². The molecule has 6 heteroatoms. The Morgan fingerprint density at radius 3 is 2.00 bits per heavy atom. The summed E-state index contributed by atoms with van der Waals surface area (Å²) in [5.74, 6) is 0.917. The van der Waals surface area contributed by atoms with E-state index in [1.54, 1.807) is 11.3 Å². The van der Waals surface area contributed by atoms with Crippen LogP contribution in [0.4, 0.5) is 16.4 Å². The Hall–Kier alpha value is -4.94. The minimum absolute atomic E-state index is 0.284. The standard InChI is InChI=1S/C36H30N2O3S/c1-36(2,3)31-24-26(33-34(37-41-35(33)39)25-13-7-4-8-14-25)23-29(40-31)19-20-30-21-22-32(42-30)38(27-15-9-5-10-16-27)28-17-11-6-12-18-28/h4-24H,1-3H3/b20-19?,33-26+. The molecule has 208 valence electrons. The largest absolute Gasteiger partial charge is 0.461 e. The van der Waals surface area contributed by atoms with Crippen LogP contribution in [0.15, 0.2) is 149 Å². The van der Waals surface area contributed by atoms with Gasteiger partial charge in [-0.3, -0.25) is 0 Å². The summed E-state index contributed by atoms with van der Waals surface area (Å²) >= 11 is 1.69. The molecular formula is C36H30N2O3S. The third kappa shape index (κ3) is 5.76. The van der Waals surface area contributed by atoms with Crippen LogP contribution in [-0.4, -0.2) is 11.7 Å². The number of ether oxygens (including phenoxy) is 1. The number of rotatable bonds is 6. The second-order valence-electron chi connectivity index (χ2n) is 10.9. The van der Waals surface area contributed by atoms with E-state index in [2.05, 4.69) is 67.2 Å². The van der Waals surface area contributed by atoms with Crippen molar-refractivity contribution in [3.63, 3.8) is 0 Å². The maximum atomic E-state index is 12.9. The van der Waals surface area contributed by atoms with Crippen molar-refractivity contribution >= 4 is 45.5 Å². The third-order valence-corrected chi connectivity index (χ3v) is 7.86. The molecule has 0 spiro atoms. The van der Waals surface area contributed by atoms with Crippen molar-refractivity contribution in [1.29, 1.82) is 0 Å². The Balaban J connectivity index is 1.35. The molecule has 0 unspecified atom stereocenters. The number of carbonyl (C=O) groups excluding carboxylic acids is 1. The van der Waals surface area contributed by atoms with Crippen molar-refractivity contribution in [2.24, 2.45) is 10.6 Å². The van der Waals surface area contributed by atoms with Crippen LogP contribution in [0.2, 0.25) is 0 Å². The van der Waals surface area contributed by atoms with Crippen LogP contribution in [0.5, 0.6) is 0 Å². The Bertz CT molecular complexity index is 1720. The molecule has 0 bridgehead atoms. The van der Waals surface area contributed by atoms with E-state index >= 15 is 0 Å². The minimum Gasteiger partial charge on any atom is -0.461 e. The first-order valence-electron chi connectivity index (χ1n) is 13.8. The van der Waals surface area contributed by atoms with Gasteiger partial charge < -0.3 is 14.5 Å². The van der Waals surface area contributed by atoms with Crippen LogP contribution in [0.3, 0.4) is 0 Å². The lowest BCUT2D eigenvalue weighted by Gasteiger charge is -2.27. The zero-order valence-corrected chi connectivity index (χ0v) is 24.5. The molecule has 0 amide bonds. The number of nitrogens with zero attached hydrogens (tertiary/aromatic N) is 2. The average Bonchev–Trinajstić information content (AvgIpc) is 3.64. The van der Waals surface area contributed by atoms with Gasteiger partial charge in [-0.25, -0.2) is 4.79 Å². The molecule has 42 heavy (non-hydrogen) atoms. The van der Waals surface area contributed by atoms with Crippen molar-refractivity contribution in [2.75, 3.05) is 4.90 Å². The highest BCUT2D eigenvalue weighted by Gasteiger charge is 2.32. The van der Waals surface area contributed by atoms with Gasteiger partial charge in [0.2, 0.25) is 0 Å². The van der Waals surface area contributed by atoms with E-state index in [1.807, 2.05) is 91.0 Å². The number of carbonyl (C=O) groups is 1. The molecule has 4 aromatic rings. The molecule has 6 rings (SSSR count). The molecule has 2 aliphatic rings. The lowest BCUT2D eigenvalue weighted by molar-refractivity contribution is -0.136. The zero-order chi connectivity index (χ0) is 29.1. The number of thiophene rings is 1. The fourth-order valence-corrected chi connectivity index (χ4v) is 5.67. The monoisotopic (exact) mass is 570 g/mol. The number of oxime groups is 1. The highest BCUT2D eigenvalue weighted by atomic mass is 32.1. The van der Waals surface area contributed by atoms with Gasteiger partial charge in [0.15, 0.2) is 0 Å². The fourth-order valence-electron chi connectivity index (χ4n) is 4.71. The molecule has 5 nitrogen and oxygen atoms in total. The van der Waals surface area contributed by atoms with Gasteiger partial charge in [0, 0.05) is 27.2 Å². The number of para-hydroxylation sites is 2. The molecule has 2 aliphatic heterocycles. The Morgan fingerprint density at radius 2 is 1.38 bits per heavy atom. The van der Waals surface area contributed by atoms with Crippen LogP contribution >= 0.6 is 11.3 Å². The van der Waals surface area contributed by atoms with E-state index in [-0.39, 0.29) is 5.41 Å². The highest BCUT2D eigenvalue weighted by Crippen LogP contribution is 2.40. The summed E-state index contributed by atoms with van der Waals surface area (Å²) in [5, 5.41) is 5.21. The average molecular weight is 571 g/mol. The Labute approximate surface area is 250 Å². The molecule has 1 aromatic heterocycles. The summed E-state index contributed by atoms with van der Waals surface area (Å²) in [7, 11) is 0. The molecule has 0 saturated heterocycles. The minimum atomic E-state index is -0.473. The molecule has 0 aliphatic carbocycles. The first kappa shape index (κ1) is 27.2. The van der Waals surface area contributed by atoms with E-state index < -0.39 is 5.97 Å². The van der Waals surface area contributed by atoms with Gasteiger partial charge in [0.25, 0.3) is 0 Å². The van der Waals surface area contributed by atoms with E-state index in [0.717, 1.165) is 32.6 Å². The maximum Gasteiger partial charge on any atom is 0.368 e. The molecule has 3 aromatic carbocycles. The molecular weight excluding hydrogens is 540 g/mol. The normalized spacial score (nSPS) is 16.9. The number of benzene rings is 3. The molecule has 0 atom stereocenters. The second kappa shape index (κ2) is 11.5. The number of allylic oxidation sites excluding steroid dienone is 5. The quantitative estimate of drug-likeness (QED) is 0.171. The number of hydrogen-bond acceptors (Lipinski definition) is 6. The van der Waals surface area contributed by atoms with E-state index in [0.29, 0.717) is 22.6 Å². The topological polar surface area (TPSA) is 51.1 Å². The highest BCUT2D eigenvalue weighted by molar-refractivity contribution is 7.17. The molecule has 0 radical (unpaired) electrons. The van der Waals surface area contributed by atoms with Crippen LogP contribution < -0.4 is 4.90 Å². The molecule has 0 fully saturated rings. The predicted molar refractivity (Wildman–Crippen MR) is 171 cm³/mol. The maximum absolute atomic E-state index is 12.9. The van der Waals surface area contributed by atoms with E-state index in [4.69, 9.17) is 9.57 Å². The lowest BCUT2D eigenvalue weighted by atomic mass is 9.89. The molecule has 3 heterocycles. The van der Waals surface area contributed by atoms with Gasteiger partial charge in [-0.1, -0.05) is 92.7 Å². The van der Waals surface area contributed by atoms with Gasteiger partial charge >= 0.3 is 5.97 Å². The summed E-state index contributed by atoms with van der Waals surface area (Å²) in [5.41, 5.74) is 4.38. The summed E-state index contributed by atoms with van der Waals surface area (Å²) in [6, 6.07) is 34.5. The Kier molecular flexibility index (Phi) is 7.46. The van der Waals surface area contributed by atoms with Crippen LogP contribution in [-0.2, 0) is 14.4 Å². The first-order chi connectivity index (χ1) is 20.4. The van der Waals surface area contributed by atoms with Gasteiger partial charge in [-0.05, 0) is 66.3 Å². The smallest absolute Gasteiger partial charge is 0.368 e. The first-order valence-corrected chi connectivity index (χ1v) is 14.6. The number of anilines is 3. The SMILES string of the molecule is CC(C)(C)C1=C/C(=C2/C(=O)ON=C2c2ccccc2)C=C(C=Cc2ccc(N(c3ccccc3)c3ccccc3)s2)O1. The van der Waals surface area contributed by atoms with Crippen molar-refractivity contribution in [2.45, 2.75) is 20.8 Å². The molecule has 0 N–H and O–H groups in total. The predicted octanol–water partition coefficient (Wildman–Crippen LogP) is 9.33. The van der Waals surface area contributed by atoms with Crippen molar-refractivity contribution < 1.29 is 14.4 Å². The zero-order valence-electron chi connectivity index (χ0n) is 23.7. The summed E-state index contributed by atoms with van der Waals surface area (Å²) in [6.45, 7) is 6.25. The van der Waals surface area contributed by atoms with E-state index in [9.17, 15) is 4.79 Å². The third-order valence-electron chi connectivity index (χ3n) is 6.82. The lowest BCUT2D eigenvalue weighted by Crippen LogP contribution is -2.17. The van der Waals surface area contributed by atoms with Crippen LogP contribution in [0.25, 0.3) is 6.08 Å². The van der Waals surface area contributed by atoms with Crippen LogP contribution in [0, 0.1) is 5.41 Å². The van der Waals surface area contributed by atoms with Gasteiger partial charge in [0.1, 0.15) is 22.2 Å². The van der Waals surface area contributed by atoms with E-state index in [1.165, 1.54) is 0 Å². The summed E-state index contributed by atoms with van der Waals surface area (Å²) < 4.78 is 6.33. The van der Waals surface area contributed by atoms with Crippen molar-refractivity contribution in [1.82, 2.24) is 0 Å². The summed E-state index contributed by atoms with van der Waals surface area (Å²) in [4.78, 5) is 21.3. The van der Waals surface area contributed by atoms with Gasteiger partial charge in [0.05, 0.1) is 5.57 Å². The van der Waals surface area contributed by atoms with Gasteiger partial charge in [-0.15, -0.1) is 11.3 Å². The summed E-state index contributed by atoms with van der Waals surface area (Å²) in [6.07, 6.45) is 7.78. The Morgan fingerprint density at radius 1 is 0.762 bits per heavy atom.